The van der Waals surface area contributed by atoms with Gasteiger partial charge in [-0.2, -0.15) is 0 Å². The Hall–Kier alpha value is -2.35. The van der Waals surface area contributed by atoms with Crippen molar-refractivity contribution in [1.82, 2.24) is 4.98 Å². The Kier molecular flexibility index (Phi) is 2.92. The van der Waals surface area contributed by atoms with E-state index in [9.17, 15) is 0 Å². The van der Waals surface area contributed by atoms with Crippen molar-refractivity contribution >= 4 is 10.9 Å². The molecule has 0 N–H and O–H groups in total. The first-order valence-electron chi connectivity index (χ1n) is 6.28. The van der Waals surface area contributed by atoms with Crippen LogP contribution in [0.25, 0.3) is 22.2 Å². The van der Waals surface area contributed by atoms with Gasteiger partial charge in [-0.05, 0) is 31.2 Å². The second kappa shape index (κ2) is 4.73. The summed E-state index contributed by atoms with van der Waals surface area (Å²) in [6.45, 7) is 2.09. The zero-order valence-electron chi connectivity index (χ0n) is 11.1. The predicted molar refractivity (Wildman–Crippen MR) is 78.5 cm³/mol. The Morgan fingerprint density at radius 2 is 1.68 bits per heavy atom. The molecule has 2 nitrogen and oxygen atoms in total. The highest BCUT2D eigenvalue weighted by molar-refractivity contribution is 5.82. The largest absolute Gasteiger partial charge is 0.497 e. The van der Waals surface area contributed by atoms with E-state index in [2.05, 4.69) is 37.3 Å². The molecule has 19 heavy (non-hydrogen) atoms. The van der Waals surface area contributed by atoms with Crippen LogP contribution >= 0.6 is 0 Å². The van der Waals surface area contributed by atoms with Crippen molar-refractivity contribution < 1.29 is 4.74 Å². The third kappa shape index (κ3) is 2.29. The van der Waals surface area contributed by atoms with E-state index in [0.717, 1.165) is 27.9 Å². The van der Waals surface area contributed by atoms with Gasteiger partial charge in [-0.25, -0.2) is 4.98 Å². The molecule has 0 amide bonds. The molecule has 0 aliphatic carbocycles. The van der Waals surface area contributed by atoms with Crippen LogP contribution in [-0.2, 0) is 0 Å². The van der Waals surface area contributed by atoms with Gasteiger partial charge in [-0.15, -0.1) is 0 Å². The minimum atomic E-state index is 0.859. The fraction of sp³-hybridized carbons (Fsp3) is 0.118. The van der Waals surface area contributed by atoms with Gasteiger partial charge in [-0.3, -0.25) is 0 Å². The lowest BCUT2D eigenvalue weighted by Crippen LogP contribution is -1.87. The Labute approximate surface area is 112 Å². The number of methoxy groups -OCH3 is 1. The lowest BCUT2D eigenvalue weighted by molar-refractivity contribution is 0.415. The normalized spacial score (nSPS) is 10.6. The molecule has 0 saturated carbocycles. The molecule has 1 aromatic heterocycles. The second-order valence-corrected chi connectivity index (χ2v) is 4.62. The van der Waals surface area contributed by atoms with E-state index in [0.29, 0.717) is 0 Å². The lowest BCUT2D eigenvalue weighted by atomic mass is 10.1. The Balaban J connectivity index is 2.08. The monoisotopic (exact) mass is 249 g/mol. The first-order valence-corrected chi connectivity index (χ1v) is 6.28. The van der Waals surface area contributed by atoms with Crippen molar-refractivity contribution in [3.63, 3.8) is 0 Å². The molecule has 0 aliphatic heterocycles. The van der Waals surface area contributed by atoms with E-state index in [4.69, 9.17) is 9.72 Å². The molecule has 2 aromatic carbocycles. The molecule has 0 bridgehead atoms. The maximum atomic E-state index is 5.22. The second-order valence-electron chi connectivity index (χ2n) is 4.62. The SMILES string of the molecule is COc1ccc2nc(-c3ccc(C)cc3)ccc2c1. The maximum absolute atomic E-state index is 5.22. The highest BCUT2D eigenvalue weighted by Crippen LogP contribution is 2.24. The minimum Gasteiger partial charge on any atom is -0.497 e. The maximum Gasteiger partial charge on any atom is 0.119 e. The number of rotatable bonds is 2. The van der Waals surface area contributed by atoms with Crippen molar-refractivity contribution in [2.45, 2.75) is 6.92 Å². The molecule has 3 aromatic rings. The van der Waals surface area contributed by atoms with Gasteiger partial charge in [0.2, 0.25) is 0 Å². The molecule has 0 saturated heterocycles. The summed E-state index contributed by atoms with van der Waals surface area (Å²) in [4.78, 5) is 4.69. The highest BCUT2D eigenvalue weighted by atomic mass is 16.5. The van der Waals surface area contributed by atoms with Crippen LogP contribution in [0.15, 0.2) is 54.6 Å². The average molecular weight is 249 g/mol. The molecule has 0 spiro atoms. The summed E-state index contributed by atoms with van der Waals surface area (Å²) in [5.74, 6) is 0.859. The van der Waals surface area contributed by atoms with Gasteiger partial charge in [-0.1, -0.05) is 35.9 Å². The number of benzene rings is 2. The van der Waals surface area contributed by atoms with E-state index in [1.807, 2.05) is 24.3 Å². The van der Waals surface area contributed by atoms with E-state index in [1.54, 1.807) is 7.11 Å². The van der Waals surface area contributed by atoms with Crippen molar-refractivity contribution in [3.05, 3.63) is 60.2 Å². The molecule has 0 aliphatic rings. The molecule has 0 fully saturated rings. The van der Waals surface area contributed by atoms with Crippen LogP contribution in [0.5, 0.6) is 5.75 Å². The average Bonchev–Trinajstić information content (AvgIpc) is 2.47. The molecular formula is C17H15NO. The molecule has 94 valence electrons. The molecule has 0 atom stereocenters. The summed E-state index contributed by atoms with van der Waals surface area (Å²) in [5.41, 5.74) is 4.38. The van der Waals surface area contributed by atoms with Crippen molar-refractivity contribution in [2.75, 3.05) is 7.11 Å². The fourth-order valence-corrected chi connectivity index (χ4v) is 2.12. The van der Waals surface area contributed by atoms with Crippen LogP contribution in [0.3, 0.4) is 0 Å². The third-order valence-electron chi connectivity index (χ3n) is 3.24. The summed E-state index contributed by atoms with van der Waals surface area (Å²) in [6, 6.07) is 18.5. The van der Waals surface area contributed by atoms with Crippen molar-refractivity contribution in [3.8, 4) is 17.0 Å². The van der Waals surface area contributed by atoms with Crippen LogP contribution in [0, 0.1) is 6.92 Å². The summed E-state index contributed by atoms with van der Waals surface area (Å²) in [7, 11) is 1.68. The number of aryl methyl sites for hydroxylation is 1. The van der Waals surface area contributed by atoms with E-state index in [1.165, 1.54) is 5.56 Å². The van der Waals surface area contributed by atoms with Gasteiger partial charge >= 0.3 is 0 Å². The van der Waals surface area contributed by atoms with Crippen LogP contribution < -0.4 is 4.74 Å². The smallest absolute Gasteiger partial charge is 0.119 e. The zero-order chi connectivity index (χ0) is 13.2. The number of pyridine rings is 1. The first kappa shape index (κ1) is 11.7. The number of fused-ring (bicyclic) bond motifs is 1. The van der Waals surface area contributed by atoms with Gasteiger partial charge in [0.25, 0.3) is 0 Å². The molecule has 0 radical (unpaired) electrons. The summed E-state index contributed by atoms with van der Waals surface area (Å²) >= 11 is 0. The van der Waals surface area contributed by atoms with Crippen LogP contribution in [0.2, 0.25) is 0 Å². The number of ether oxygens (including phenoxy) is 1. The van der Waals surface area contributed by atoms with Crippen molar-refractivity contribution in [1.29, 1.82) is 0 Å². The van der Waals surface area contributed by atoms with Gasteiger partial charge in [0.05, 0.1) is 18.3 Å². The van der Waals surface area contributed by atoms with Gasteiger partial charge in [0, 0.05) is 10.9 Å². The Morgan fingerprint density at radius 3 is 2.42 bits per heavy atom. The fourth-order valence-electron chi connectivity index (χ4n) is 2.12. The zero-order valence-corrected chi connectivity index (χ0v) is 11.1. The highest BCUT2D eigenvalue weighted by Gasteiger charge is 2.02. The molecule has 2 heteroatoms. The first-order chi connectivity index (χ1) is 9.26. The number of hydrogen-bond donors (Lipinski definition) is 0. The van der Waals surface area contributed by atoms with Crippen LogP contribution in [0.1, 0.15) is 5.56 Å². The van der Waals surface area contributed by atoms with Gasteiger partial charge < -0.3 is 4.74 Å². The van der Waals surface area contributed by atoms with Gasteiger partial charge in [0.1, 0.15) is 5.75 Å². The molecule has 3 rings (SSSR count). The topological polar surface area (TPSA) is 22.1 Å². The number of aromatic nitrogens is 1. The standard InChI is InChI=1S/C17H15NO/c1-12-3-5-13(6-4-12)16-9-7-14-11-15(19-2)8-10-17(14)18-16/h3-11H,1-2H3. The van der Waals surface area contributed by atoms with Crippen LogP contribution in [0.4, 0.5) is 0 Å². The van der Waals surface area contributed by atoms with Crippen molar-refractivity contribution in [2.24, 2.45) is 0 Å². The quantitative estimate of drug-likeness (QED) is 0.678. The summed E-state index contributed by atoms with van der Waals surface area (Å²) in [5, 5.41) is 1.09. The van der Waals surface area contributed by atoms with Gasteiger partial charge in [0.15, 0.2) is 0 Å². The minimum absolute atomic E-state index is 0.859. The number of nitrogens with zero attached hydrogens (tertiary/aromatic N) is 1. The molecule has 1 heterocycles. The summed E-state index contributed by atoms with van der Waals surface area (Å²) < 4.78 is 5.22. The molecule has 0 unspecified atom stereocenters. The number of hydrogen-bond acceptors (Lipinski definition) is 2. The Morgan fingerprint density at radius 1 is 0.895 bits per heavy atom. The molecular weight excluding hydrogens is 234 g/mol. The van der Waals surface area contributed by atoms with E-state index >= 15 is 0 Å². The third-order valence-corrected chi connectivity index (χ3v) is 3.24. The van der Waals surface area contributed by atoms with E-state index in [-0.39, 0.29) is 0 Å². The van der Waals surface area contributed by atoms with Crippen LogP contribution in [-0.4, -0.2) is 12.1 Å². The summed E-state index contributed by atoms with van der Waals surface area (Å²) in [6.07, 6.45) is 0. The lowest BCUT2D eigenvalue weighted by Gasteiger charge is -2.05. The Bertz CT molecular complexity index is 717. The van der Waals surface area contributed by atoms with E-state index < -0.39 is 0 Å². The predicted octanol–water partition coefficient (Wildman–Crippen LogP) is 4.22.